The van der Waals surface area contributed by atoms with E-state index in [0.29, 0.717) is 0 Å². The number of benzene rings is 1. The van der Waals surface area contributed by atoms with Gasteiger partial charge in [0, 0.05) is 11.6 Å². The topological polar surface area (TPSA) is 81.5 Å². The SMILES string of the molecule is CONC(=O)c1cc(Cl)c(Cl)c([N+](=O)[O-])c1. The number of halogens is 2. The third-order valence-corrected chi connectivity index (χ3v) is 2.45. The molecule has 0 fully saturated rings. The van der Waals surface area contributed by atoms with Crippen LogP contribution in [-0.2, 0) is 4.84 Å². The summed E-state index contributed by atoms with van der Waals surface area (Å²) in [5.74, 6) is -0.649. The van der Waals surface area contributed by atoms with Gasteiger partial charge in [0.1, 0.15) is 5.02 Å². The average molecular weight is 265 g/mol. The van der Waals surface area contributed by atoms with Gasteiger partial charge in [0.15, 0.2) is 0 Å². The van der Waals surface area contributed by atoms with Gasteiger partial charge >= 0.3 is 0 Å². The van der Waals surface area contributed by atoms with Gasteiger partial charge in [-0.1, -0.05) is 23.2 Å². The fraction of sp³-hybridized carbons (Fsp3) is 0.125. The predicted molar refractivity (Wildman–Crippen MR) is 57.6 cm³/mol. The Morgan fingerprint density at radius 2 is 2.12 bits per heavy atom. The van der Waals surface area contributed by atoms with Crippen LogP contribution in [0.3, 0.4) is 0 Å². The lowest BCUT2D eigenvalue weighted by molar-refractivity contribution is -0.384. The molecule has 0 atom stereocenters. The lowest BCUT2D eigenvalue weighted by atomic mass is 10.2. The van der Waals surface area contributed by atoms with Crippen molar-refractivity contribution in [2.45, 2.75) is 0 Å². The van der Waals surface area contributed by atoms with Crippen molar-refractivity contribution in [3.8, 4) is 0 Å². The fourth-order valence-electron chi connectivity index (χ4n) is 0.990. The van der Waals surface area contributed by atoms with E-state index < -0.39 is 16.5 Å². The molecule has 1 N–H and O–H groups in total. The van der Waals surface area contributed by atoms with E-state index in [4.69, 9.17) is 23.2 Å². The number of nitrogens with zero attached hydrogens (tertiary/aromatic N) is 1. The average Bonchev–Trinajstić information content (AvgIpc) is 2.21. The van der Waals surface area contributed by atoms with Crippen LogP contribution in [-0.4, -0.2) is 17.9 Å². The molecule has 16 heavy (non-hydrogen) atoms. The van der Waals surface area contributed by atoms with Crippen molar-refractivity contribution in [1.29, 1.82) is 0 Å². The smallest absolute Gasteiger partial charge is 0.277 e. The normalized spacial score (nSPS) is 9.94. The first-order chi connectivity index (χ1) is 7.47. The fourth-order valence-corrected chi connectivity index (χ4v) is 1.38. The highest BCUT2D eigenvalue weighted by molar-refractivity contribution is 6.43. The minimum Gasteiger partial charge on any atom is -0.277 e. The summed E-state index contributed by atoms with van der Waals surface area (Å²) < 4.78 is 0. The first-order valence-electron chi connectivity index (χ1n) is 3.94. The molecule has 0 aromatic heterocycles. The van der Waals surface area contributed by atoms with Crippen LogP contribution in [0, 0.1) is 10.1 Å². The first kappa shape index (κ1) is 12.7. The first-order valence-corrected chi connectivity index (χ1v) is 4.69. The van der Waals surface area contributed by atoms with E-state index in [1.54, 1.807) is 0 Å². The Balaban J connectivity index is 3.24. The molecule has 0 bridgehead atoms. The van der Waals surface area contributed by atoms with E-state index in [1.807, 2.05) is 5.48 Å². The van der Waals surface area contributed by atoms with Crippen molar-refractivity contribution in [3.63, 3.8) is 0 Å². The monoisotopic (exact) mass is 264 g/mol. The molecule has 0 radical (unpaired) electrons. The maximum atomic E-state index is 11.3. The molecule has 86 valence electrons. The summed E-state index contributed by atoms with van der Waals surface area (Å²) >= 11 is 11.3. The molecular formula is C8H6Cl2N2O4. The van der Waals surface area contributed by atoms with E-state index in [2.05, 4.69) is 4.84 Å². The zero-order valence-electron chi connectivity index (χ0n) is 7.99. The Kier molecular flexibility index (Phi) is 4.05. The summed E-state index contributed by atoms with van der Waals surface area (Å²) in [6.45, 7) is 0. The van der Waals surface area contributed by atoms with Crippen LogP contribution in [0.15, 0.2) is 12.1 Å². The van der Waals surface area contributed by atoms with Gasteiger partial charge in [-0.3, -0.25) is 19.7 Å². The number of rotatable bonds is 3. The second-order valence-corrected chi connectivity index (χ2v) is 3.47. The molecule has 0 saturated carbocycles. The molecule has 0 heterocycles. The van der Waals surface area contributed by atoms with Gasteiger partial charge in [-0.05, 0) is 6.07 Å². The molecule has 1 aromatic rings. The van der Waals surface area contributed by atoms with Gasteiger partial charge in [-0.2, -0.15) is 0 Å². The standard InChI is InChI=1S/C8H6Cl2N2O4/c1-16-11-8(13)4-2-5(9)7(10)6(3-4)12(14)15/h2-3H,1H3,(H,11,13). The van der Waals surface area contributed by atoms with Crippen LogP contribution in [0.2, 0.25) is 10.0 Å². The molecule has 0 unspecified atom stereocenters. The number of hydroxylamine groups is 1. The lowest BCUT2D eigenvalue weighted by Crippen LogP contribution is -2.21. The molecule has 6 nitrogen and oxygen atoms in total. The largest absolute Gasteiger partial charge is 0.290 e. The predicted octanol–water partition coefficient (Wildman–Crippen LogP) is 2.19. The summed E-state index contributed by atoms with van der Waals surface area (Å²) in [5.41, 5.74) is 1.57. The molecule has 1 aromatic carbocycles. The summed E-state index contributed by atoms with van der Waals surface area (Å²) in [5, 5.41) is 10.3. The second-order valence-electron chi connectivity index (χ2n) is 2.68. The van der Waals surface area contributed by atoms with E-state index in [0.717, 1.165) is 6.07 Å². The van der Waals surface area contributed by atoms with Crippen LogP contribution in [0.25, 0.3) is 0 Å². The van der Waals surface area contributed by atoms with Crippen LogP contribution >= 0.6 is 23.2 Å². The zero-order valence-corrected chi connectivity index (χ0v) is 9.50. The quantitative estimate of drug-likeness (QED) is 0.670. The summed E-state index contributed by atoms with van der Waals surface area (Å²) in [4.78, 5) is 25.6. The van der Waals surface area contributed by atoms with Gasteiger partial charge in [-0.25, -0.2) is 5.48 Å². The van der Waals surface area contributed by atoms with Gasteiger partial charge < -0.3 is 0 Å². The molecule has 0 aliphatic carbocycles. The van der Waals surface area contributed by atoms with Gasteiger partial charge in [0.2, 0.25) is 0 Å². The number of nitro groups is 1. The van der Waals surface area contributed by atoms with E-state index >= 15 is 0 Å². The zero-order chi connectivity index (χ0) is 12.3. The molecule has 8 heteroatoms. The van der Waals surface area contributed by atoms with Crippen LogP contribution in [0.5, 0.6) is 0 Å². The molecule has 0 aliphatic heterocycles. The Bertz CT molecular complexity index is 450. The Morgan fingerprint density at radius 1 is 1.50 bits per heavy atom. The number of carbonyl (C=O) groups excluding carboxylic acids is 1. The summed E-state index contributed by atoms with van der Waals surface area (Å²) in [6.07, 6.45) is 0. The minimum atomic E-state index is -0.724. The minimum absolute atomic E-state index is 0.0112. The second kappa shape index (κ2) is 5.11. The van der Waals surface area contributed by atoms with Gasteiger partial charge in [0.05, 0.1) is 17.1 Å². The van der Waals surface area contributed by atoms with E-state index in [1.165, 1.54) is 13.2 Å². The van der Waals surface area contributed by atoms with Crippen LogP contribution in [0.4, 0.5) is 5.69 Å². The van der Waals surface area contributed by atoms with E-state index in [-0.39, 0.29) is 15.6 Å². The number of nitrogens with one attached hydrogen (secondary N) is 1. The van der Waals surface area contributed by atoms with Gasteiger partial charge in [-0.15, -0.1) is 0 Å². The van der Waals surface area contributed by atoms with Crippen molar-refractivity contribution in [2.75, 3.05) is 7.11 Å². The molecule has 1 rings (SSSR count). The Morgan fingerprint density at radius 3 is 2.62 bits per heavy atom. The van der Waals surface area contributed by atoms with Crippen molar-refractivity contribution < 1.29 is 14.6 Å². The van der Waals surface area contributed by atoms with Crippen LogP contribution in [0.1, 0.15) is 10.4 Å². The number of hydrogen-bond donors (Lipinski definition) is 1. The molecule has 0 saturated heterocycles. The number of amides is 1. The highest BCUT2D eigenvalue weighted by Gasteiger charge is 2.19. The third kappa shape index (κ3) is 2.60. The molecule has 0 aliphatic rings. The number of carbonyl (C=O) groups is 1. The van der Waals surface area contributed by atoms with Crippen molar-refractivity contribution in [2.24, 2.45) is 0 Å². The Labute approximate surface area is 100 Å². The number of nitro benzene ring substituents is 1. The summed E-state index contributed by atoms with van der Waals surface area (Å²) in [6, 6.07) is 2.23. The molecular weight excluding hydrogens is 259 g/mol. The highest BCUT2D eigenvalue weighted by atomic mass is 35.5. The maximum absolute atomic E-state index is 11.3. The molecule has 1 amide bonds. The van der Waals surface area contributed by atoms with Gasteiger partial charge in [0.25, 0.3) is 11.6 Å². The van der Waals surface area contributed by atoms with Crippen molar-refractivity contribution in [1.82, 2.24) is 5.48 Å². The highest BCUT2D eigenvalue weighted by Crippen LogP contribution is 2.32. The lowest BCUT2D eigenvalue weighted by Gasteiger charge is -2.04. The van der Waals surface area contributed by atoms with Crippen LogP contribution < -0.4 is 5.48 Å². The van der Waals surface area contributed by atoms with Crippen molar-refractivity contribution in [3.05, 3.63) is 37.9 Å². The van der Waals surface area contributed by atoms with E-state index in [9.17, 15) is 14.9 Å². The van der Waals surface area contributed by atoms with Crippen molar-refractivity contribution >= 4 is 34.8 Å². The third-order valence-electron chi connectivity index (χ3n) is 1.66. The summed E-state index contributed by atoms with van der Waals surface area (Å²) in [7, 11) is 1.24. The molecule has 0 spiro atoms. The maximum Gasteiger partial charge on any atom is 0.290 e. The Hall–Kier alpha value is -1.37. The number of hydrogen-bond acceptors (Lipinski definition) is 4.